The van der Waals surface area contributed by atoms with Crippen LogP contribution in [0.5, 0.6) is 0 Å². The van der Waals surface area contributed by atoms with Gasteiger partial charge in [0, 0.05) is 45.1 Å². The number of anilines is 1. The minimum atomic E-state index is -0.287. The van der Waals surface area contributed by atoms with Crippen LogP contribution in [0.4, 0.5) is 10.2 Å². The van der Waals surface area contributed by atoms with E-state index in [0.717, 1.165) is 37.2 Å². The SMILES string of the molecule is COCCCNC(=O)C1CCCN(c2ccnc(-c3ccc(F)cc3)n2)C1. The number of aromatic nitrogens is 2. The van der Waals surface area contributed by atoms with Gasteiger partial charge in [0.05, 0.1) is 5.92 Å². The second kappa shape index (κ2) is 9.41. The zero-order chi connectivity index (χ0) is 19.1. The molecule has 0 aliphatic carbocycles. The van der Waals surface area contributed by atoms with E-state index in [1.54, 1.807) is 25.4 Å². The van der Waals surface area contributed by atoms with Crippen molar-refractivity contribution in [3.8, 4) is 11.4 Å². The molecule has 27 heavy (non-hydrogen) atoms. The summed E-state index contributed by atoms with van der Waals surface area (Å²) in [5.74, 6) is 1.10. The van der Waals surface area contributed by atoms with Crippen molar-refractivity contribution >= 4 is 11.7 Å². The standard InChI is InChI=1S/C20H25FN4O2/c1-27-13-3-10-23-20(26)16-4-2-12-25(14-16)18-9-11-22-19(24-18)15-5-7-17(21)8-6-15/h5-9,11,16H,2-4,10,12-14H2,1H3,(H,23,26). The summed E-state index contributed by atoms with van der Waals surface area (Å²) < 4.78 is 18.1. The molecule has 1 N–H and O–H groups in total. The van der Waals surface area contributed by atoms with E-state index in [1.165, 1.54) is 12.1 Å². The van der Waals surface area contributed by atoms with Crippen LogP contribution in [0.2, 0.25) is 0 Å². The number of piperidine rings is 1. The smallest absolute Gasteiger partial charge is 0.224 e. The first-order valence-corrected chi connectivity index (χ1v) is 9.28. The summed E-state index contributed by atoms with van der Waals surface area (Å²) in [6.45, 7) is 2.76. The maximum Gasteiger partial charge on any atom is 0.224 e. The number of nitrogens with one attached hydrogen (secondary N) is 1. The molecule has 0 spiro atoms. The molecule has 1 aromatic heterocycles. The monoisotopic (exact) mass is 372 g/mol. The van der Waals surface area contributed by atoms with Gasteiger partial charge in [-0.25, -0.2) is 14.4 Å². The molecule has 6 nitrogen and oxygen atoms in total. The van der Waals surface area contributed by atoms with Crippen molar-refractivity contribution in [3.63, 3.8) is 0 Å². The number of methoxy groups -OCH3 is 1. The molecule has 3 rings (SSSR count). The number of ether oxygens (including phenoxy) is 1. The van der Waals surface area contributed by atoms with Crippen LogP contribution in [0.25, 0.3) is 11.4 Å². The molecule has 1 unspecified atom stereocenters. The molecule has 2 heterocycles. The van der Waals surface area contributed by atoms with Gasteiger partial charge in [0.1, 0.15) is 11.6 Å². The Bertz CT molecular complexity index is 754. The lowest BCUT2D eigenvalue weighted by atomic mass is 9.97. The van der Waals surface area contributed by atoms with Crippen LogP contribution in [0.1, 0.15) is 19.3 Å². The molecule has 0 bridgehead atoms. The van der Waals surface area contributed by atoms with Crippen LogP contribution in [-0.4, -0.2) is 49.2 Å². The van der Waals surface area contributed by atoms with Crippen molar-refractivity contribution in [2.75, 3.05) is 38.3 Å². The highest BCUT2D eigenvalue weighted by Gasteiger charge is 2.26. The highest BCUT2D eigenvalue weighted by Crippen LogP contribution is 2.24. The molecule has 1 aromatic carbocycles. The highest BCUT2D eigenvalue weighted by molar-refractivity contribution is 5.79. The molecule has 1 saturated heterocycles. The predicted molar refractivity (Wildman–Crippen MR) is 102 cm³/mol. The fourth-order valence-electron chi connectivity index (χ4n) is 3.24. The van der Waals surface area contributed by atoms with Gasteiger partial charge < -0.3 is 15.0 Å². The number of hydrogen-bond donors (Lipinski definition) is 1. The third-order valence-corrected chi connectivity index (χ3v) is 4.68. The van der Waals surface area contributed by atoms with E-state index < -0.39 is 0 Å². The van der Waals surface area contributed by atoms with Crippen LogP contribution in [0.3, 0.4) is 0 Å². The molecule has 0 radical (unpaired) electrons. The summed E-state index contributed by atoms with van der Waals surface area (Å²) in [4.78, 5) is 23.4. The predicted octanol–water partition coefficient (Wildman–Crippen LogP) is 2.65. The maximum absolute atomic E-state index is 13.1. The van der Waals surface area contributed by atoms with E-state index in [2.05, 4.69) is 20.2 Å². The van der Waals surface area contributed by atoms with E-state index in [1.807, 2.05) is 6.07 Å². The molecular formula is C20H25FN4O2. The van der Waals surface area contributed by atoms with Crippen LogP contribution in [0.15, 0.2) is 36.5 Å². The summed E-state index contributed by atoms with van der Waals surface area (Å²) >= 11 is 0. The number of nitrogens with zero attached hydrogens (tertiary/aromatic N) is 3. The topological polar surface area (TPSA) is 67.3 Å². The fourth-order valence-corrected chi connectivity index (χ4v) is 3.24. The summed E-state index contributed by atoms with van der Waals surface area (Å²) in [6.07, 6.45) is 4.33. The zero-order valence-corrected chi connectivity index (χ0v) is 15.5. The third kappa shape index (κ3) is 5.23. The lowest BCUT2D eigenvalue weighted by molar-refractivity contribution is -0.125. The number of hydrogen-bond acceptors (Lipinski definition) is 5. The summed E-state index contributed by atoms with van der Waals surface area (Å²) in [6, 6.07) is 7.99. The highest BCUT2D eigenvalue weighted by atomic mass is 19.1. The van der Waals surface area contributed by atoms with Crippen LogP contribution < -0.4 is 10.2 Å². The second-order valence-electron chi connectivity index (χ2n) is 6.67. The molecule has 1 fully saturated rings. The number of rotatable bonds is 7. The number of amides is 1. The first-order chi connectivity index (χ1) is 13.2. The average Bonchev–Trinajstić information content (AvgIpc) is 2.72. The molecule has 7 heteroatoms. The lowest BCUT2D eigenvalue weighted by Gasteiger charge is -2.33. The Morgan fingerprint density at radius 1 is 1.33 bits per heavy atom. The van der Waals surface area contributed by atoms with Gasteiger partial charge in [-0.05, 0) is 49.6 Å². The van der Waals surface area contributed by atoms with Crippen molar-refractivity contribution < 1.29 is 13.9 Å². The molecule has 2 aromatic rings. The lowest BCUT2D eigenvalue weighted by Crippen LogP contribution is -2.43. The van der Waals surface area contributed by atoms with E-state index in [0.29, 0.717) is 25.5 Å². The molecular weight excluding hydrogens is 347 g/mol. The fraction of sp³-hybridized carbons (Fsp3) is 0.450. The average molecular weight is 372 g/mol. The van der Waals surface area contributed by atoms with Crippen molar-refractivity contribution in [1.29, 1.82) is 0 Å². The Labute approximate surface area is 158 Å². The van der Waals surface area contributed by atoms with Crippen molar-refractivity contribution in [2.45, 2.75) is 19.3 Å². The van der Waals surface area contributed by atoms with Gasteiger partial charge in [-0.3, -0.25) is 4.79 Å². The summed E-state index contributed by atoms with van der Waals surface area (Å²) in [5.41, 5.74) is 0.766. The van der Waals surface area contributed by atoms with Crippen molar-refractivity contribution in [1.82, 2.24) is 15.3 Å². The molecule has 1 amide bonds. The maximum atomic E-state index is 13.1. The van der Waals surface area contributed by atoms with Crippen LogP contribution in [0, 0.1) is 11.7 Å². The van der Waals surface area contributed by atoms with Gasteiger partial charge >= 0.3 is 0 Å². The normalized spacial score (nSPS) is 17.0. The molecule has 144 valence electrons. The summed E-state index contributed by atoms with van der Waals surface area (Å²) in [5, 5.41) is 2.99. The number of carbonyl (C=O) groups is 1. The van der Waals surface area contributed by atoms with E-state index in [4.69, 9.17) is 4.74 Å². The van der Waals surface area contributed by atoms with E-state index in [9.17, 15) is 9.18 Å². The third-order valence-electron chi connectivity index (χ3n) is 4.68. The Balaban J connectivity index is 1.64. The van der Waals surface area contributed by atoms with Crippen LogP contribution in [-0.2, 0) is 9.53 Å². The Kier molecular flexibility index (Phi) is 6.70. The first kappa shape index (κ1) is 19.2. The Morgan fingerprint density at radius 3 is 2.93 bits per heavy atom. The number of carbonyl (C=O) groups excluding carboxylic acids is 1. The second-order valence-corrected chi connectivity index (χ2v) is 6.67. The van der Waals surface area contributed by atoms with Crippen molar-refractivity contribution in [2.24, 2.45) is 5.92 Å². The zero-order valence-electron chi connectivity index (χ0n) is 15.5. The number of halogens is 1. The molecule has 1 aliphatic heterocycles. The number of benzene rings is 1. The molecule has 0 saturated carbocycles. The molecule has 1 atom stereocenters. The molecule has 1 aliphatic rings. The minimum Gasteiger partial charge on any atom is -0.385 e. The van der Waals surface area contributed by atoms with Crippen LogP contribution >= 0.6 is 0 Å². The van der Waals surface area contributed by atoms with Gasteiger partial charge in [0.15, 0.2) is 5.82 Å². The van der Waals surface area contributed by atoms with E-state index in [-0.39, 0.29) is 17.6 Å². The Hall–Kier alpha value is -2.54. The summed E-state index contributed by atoms with van der Waals surface area (Å²) in [7, 11) is 1.66. The van der Waals surface area contributed by atoms with Gasteiger partial charge in [-0.1, -0.05) is 0 Å². The van der Waals surface area contributed by atoms with Gasteiger partial charge in [0.2, 0.25) is 5.91 Å². The first-order valence-electron chi connectivity index (χ1n) is 9.28. The van der Waals surface area contributed by atoms with Gasteiger partial charge in [-0.2, -0.15) is 0 Å². The minimum absolute atomic E-state index is 0.0504. The quantitative estimate of drug-likeness (QED) is 0.757. The van der Waals surface area contributed by atoms with Crippen molar-refractivity contribution in [3.05, 3.63) is 42.3 Å². The largest absolute Gasteiger partial charge is 0.385 e. The van der Waals surface area contributed by atoms with E-state index >= 15 is 0 Å². The Morgan fingerprint density at radius 2 is 2.15 bits per heavy atom. The van der Waals surface area contributed by atoms with Gasteiger partial charge in [0.25, 0.3) is 0 Å². The van der Waals surface area contributed by atoms with Gasteiger partial charge in [-0.15, -0.1) is 0 Å².